The number of ether oxygens (including phenoxy) is 2. The number of thioether (sulfide) groups is 1. The van der Waals surface area contributed by atoms with Crippen molar-refractivity contribution >= 4 is 28.9 Å². The lowest BCUT2D eigenvalue weighted by atomic mass is 10.0. The molecule has 0 heterocycles. The average Bonchev–Trinajstić information content (AvgIpc) is 3.17. The minimum absolute atomic E-state index is 0.0523. The summed E-state index contributed by atoms with van der Waals surface area (Å²) in [6, 6.07) is 0. The van der Waals surface area contributed by atoms with Crippen LogP contribution < -0.4 is 0 Å². The van der Waals surface area contributed by atoms with Gasteiger partial charge in [-0.1, -0.05) is 148 Å². The van der Waals surface area contributed by atoms with Crippen LogP contribution in [0.2, 0.25) is 0 Å². The summed E-state index contributed by atoms with van der Waals surface area (Å²) in [6.45, 7) is 16.2. The van der Waals surface area contributed by atoms with Crippen LogP contribution in [-0.4, -0.2) is 78.2 Å². The molecule has 0 unspecified atom stereocenters. The molecule has 318 valence electrons. The van der Waals surface area contributed by atoms with E-state index in [2.05, 4.69) is 45.6 Å². The maximum atomic E-state index is 13.3. The number of allylic oxidation sites excluding steroid dienone is 1. The summed E-state index contributed by atoms with van der Waals surface area (Å²) in [5.74, 6) is 0.666. The fourth-order valence-corrected chi connectivity index (χ4v) is 7.63. The lowest BCUT2D eigenvalue weighted by Crippen LogP contribution is -2.30. The first-order chi connectivity index (χ1) is 26.4. The molecule has 1 amide bonds. The van der Waals surface area contributed by atoms with Crippen molar-refractivity contribution in [3.8, 4) is 0 Å². The zero-order valence-electron chi connectivity index (χ0n) is 36.3. The van der Waals surface area contributed by atoms with Gasteiger partial charge in [-0.15, -0.1) is 0 Å². The Hall–Kier alpha value is -1.54. The summed E-state index contributed by atoms with van der Waals surface area (Å²) in [6.07, 6.45) is 33.9. The fourth-order valence-electron chi connectivity index (χ4n) is 6.74. The van der Waals surface area contributed by atoms with Crippen LogP contribution in [0.3, 0.4) is 0 Å². The Balaban J connectivity index is 4.69. The van der Waals surface area contributed by atoms with Crippen LogP contribution >= 0.6 is 11.8 Å². The maximum Gasteiger partial charge on any atom is 0.306 e. The molecule has 0 N–H and O–H groups in total. The zero-order valence-corrected chi connectivity index (χ0v) is 37.1. The molecule has 0 bridgehead atoms. The minimum atomic E-state index is -0.140. The predicted octanol–water partition coefficient (Wildman–Crippen LogP) is 13.5. The van der Waals surface area contributed by atoms with Gasteiger partial charge in [0, 0.05) is 31.7 Å². The highest BCUT2D eigenvalue weighted by Crippen LogP contribution is 2.19. The Kier molecular flexibility index (Phi) is 39.9. The summed E-state index contributed by atoms with van der Waals surface area (Å²) in [5.41, 5.74) is 0. The molecule has 54 heavy (non-hydrogen) atoms. The molecule has 0 aromatic heterocycles. The highest BCUT2D eigenvalue weighted by Gasteiger charge is 2.16. The van der Waals surface area contributed by atoms with E-state index in [-0.39, 0.29) is 23.3 Å². The van der Waals surface area contributed by atoms with E-state index >= 15 is 0 Å². The van der Waals surface area contributed by atoms with Crippen LogP contribution in [0.4, 0.5) is 4.79 Å². The van der Waals surface area contributed by atoms with E-state index in [0.717, 1.165) is 109 Å². The summed E-state index contributed by atoms with van der Waals surface area (Å²) in [7, 11) is 0. The van der Waals surface area contributed by atoms with Crippen LogP contribution in [-0.2, 0) is 19.1 Å². The number of amides is 1. The summed E-state index contributed by atoms with van der Waals surface area (Å²) in [5, 5.41) is 0.166. The number of hydrogen-bond donors (Lipinski definition) is 0. The van der Waals surface area contributed by atoms with Crippen molar-refractivity contribution in [2.24, 2.45) is 0 Å². The third kappa shape index (κ3) is 34.9. The molecule has 0 fully saturated rings. The van der Waals surface area contributed by atoms with Crippen LogP contribution in [0.1, 0.15) is 214 Å². The maximum absolute atomic E-state index is 13.3. The van der Waals surface area contributed by atoms with E-state index in [1.165, 1.54) is 95.2 Å². The van der Waals surface area contributed by atoms with Gasteiger partial charge in [-0.25, -0.2) is 0 Å². The number of carbonyl (C=O) groups excluding carboxylic acids is 3. The van der Waals surface area contributed by atoms with Crippen molar-refractivity contribution < 1.29 is 23.9 Å². The van der Waals surface area contributed by atoms with Crippen LogP contribution in [0.25, 0.3) is 0 Å². The summed E-state index contributed by atoms with van der Waals surface area (Å²) < 4.78 is 11.4. The number of esters is 2. The Labute approximate surface area is 339 Å². The topological polar surface area (TPSA) is 76.1 Å². The molecule has 8 heteroatoms. The van der Waals surface area contributed by atoms with E-state index in [0.29, 0.717) is 32.5 Å². The Morgan fingerprint density at radius 2 is 1.04 bits per heavy atom. The second-order valence-corrected chi connectivity index (χ2v) is 16.4. The van der Waals surface area contributed by atoms with Crippen LogP contribution in [0.5, 0.6) is 0 Å². The molecule has 0 saturated carbocycles. The fraction of sp³-hybridized carbons (Fsp3) is 0.891. The Morgan fingerprint density at radius 3 is 1.61 bits per heavy atom. The van der Waals surface area contributed by atoms with E-state index in [1.54, 1.807) is 0 Å². The van der Waals surface area contributed by atoms with Gasteiger partial charge in [0.1, 0.15) is 12.7 Å². The Bertz CT molecular complexity index is 867. The van der Waals surface area contributed by atoms with Gasteiger partial charge < -0.3 is 19.3 Å². The van der Waals surface area contributed by atoms with E-state index in [4.69, 9.17) is 9.47 Å². The average molecular weight is 781 g/mol. The van der Waals surface area contributed by atoms with E-state index < -0.39 is 0 Å². The molecular formula is C46H88N2O5S. The van der Waals surface area contributed by atoms with Crippen molar-refractivity contribution in [3.63, 3.8) is 0 Å². The highest BCUT2D eigenvalue weighted by molar-refractivity contribution is 8.13. The van der Waals surface area contributed by atoms with Crippen molar-refractivity contribution in [1.82, 2.24) is 9.80 Å². The molecular weight excluding hydrogens is 693 g/mol. The highest BCUT2D eigenvalue weighted by atomic mass is 32.2. The lowest BCUT2D eigenvalue weighted by molar-refractivity contribution is -0.150. The molecule has 0 aromatic rings. The van der Waals surface area contributed by atoms with E-state index in [1.807, 2.05) is 11.0 Å². The molecule has 0 rings (SSSR count). The van der Waals surface area contributed by atoms with Crippen molar-refractivity contribution in [2.45, 2.75) is 221 Å². The van der Waals surface area contributed by atoms with Crippen LogP contribution in [0, 0.1) is 0 Å². The summed E-state index contributed by atoms with van der Waals surface area (Å²) in [4.78, 5) is 42.8. The predicted molar refractivity (Wildman–Crippen MR) is 233 cm³/mol. The van der Waals surface area contributed by atoms with E-state index in [9.17, 15) is 14.4 Å². The SMILES string of the molecule is CCCCCC/C=C\COC(=O)CCCCCN(CCCCCC(=O)OC(CCCCCCC)CCCCCCC)C(=O)SCCCCCN(CC)CC. The van der Waals surface area contributed by atoms with Gasteiger partial charge in [-0.3, -0.25) is 14.4 Å². The van der Waals surface area contributed by atoms with Crippen LogP contribution in [0.15, 0.2) is 12.2 Å². The number of carbonyl (C=O) groups is 3. The first-order valence-corrected chi connectivity index (χ1v) is 24.0. The number of hydrogen-bond acceptors (Lipinski definition) is 7. The number of unbranched alkanes of at least 4 members (excludes halogenated alkanes) is 18. The van der Waals surface area contributed by atoms with Gasteiger partial charge in [-0.05, 0) is 96.7 Å². The second-order valence-electron chi connectivity index (χ2n) is 15.3. The Morgan fingerprint density at radius 1 is 0.537 bits per heavy atom. The quantitative estimate of drug-likeness (QED) is 0.0348. The molecule has 0 radical (unpaired) electrons. The number of rotatable bonds is 40. The second kappa shape index (κ2) is 41.1. The normalized spacial score (nSPS) is 11.6. The minimum Gasteiger partial charge on any atom is -0.462 e. The molecule has 0 aliphatic heterocycles. The first kappa shape index (κ1) is 52.5. The molecule has 0 aromatic carbocycles. The largest absolute Gasteiger partial charge is 0.462 e. The van der Waals surface area contributed by atoms with Gasteiger partial charge in [-0.2, -0.15) is 0 Å². The lowest BCUT2D eigenvalue weighted by Gasteiger charge is -2.22. The molecule has 0 aliphatic carbocycles. The van der Waals surface area contributed by atoms with Gasteiger partial charge in [0.15, 0.2) is 0 Å². The third-order valence-electron chi connectivity index (χ3n) is 10.4. The van der Waals surface area contributed by atoms with Gasteiger partial charge in [0.25, 0.3) is 5.24 Å². The van der Waals surface area contributed by atoms with Gasteiger partial charge in [0.2, 0.25) is 0 Å². The molecule has 0 aliphatic rings. The molecule has 0 atom stereocenters. The van der Waals surface area contributed by atoms with Crippen molar-refractivity contribution in [1.29, 1.82) is 0 Å². The van der Waals surface area contributed by atoms with Gasteiger partial charge in [0.05, 0.1) is 0 Å². The third-order valence-corrected chi connectivity index (χ3v) is 11.4. The monoisotopic (exact) mass is 781 g/mol. The molecule has 0 saturated heterocycles. The van der Waals surface area contributed by atoms with Crippen molar-refractivity contribution in [2.75, 3.05) is 45.1 Å². The van der Waals surface area contributed by atoms with Gasteiger partial charge >= 0.3 is 11.9 Å². The first-order valence-electron chi connectivity index (χ1n) is 23.1. The smallest absolute Gasteiger partial charge is 0.306 e. The molecule has 7 nitrogen and oxygen atoms in total. The number of nitrogens with zero attached hydrogens (tertiary/aromatic N) is 2. The van der Waals surface area contributed by atoms with Crippen molar-refractivity contribution in [3.05, 3.63) is 12.2 Å². The zero-order chi connectivity index (χ0) is 39.7. The standard InChI is InChI=1S/C46H88N2O5S/c1-6-11-14-17-18-21-32-41-52-44(49)36-27-22-30-39-48(46(51)54-42-33-24-29-38-47(9-4)10-5)40-31-23-28-37-45(50)53-43(34-25-19-15-12-7-2)35-26-20-16-13-8-3/h21,32,43H,6-20,22-31,33-42H2,1-5H3/b32-21-. The molecule has 0 spiro atoms. The summed E-state index contributed by atoms with van der Waals surface area (Å²) >= 11 is 1.46.